The maximum atomic E-state index is 11.7. The van der Waals surface area contributed by atoms with Crippen molar-refractivity contribution in [2.75, 3.05) is 6.61 Å². The molecule has 31 heavy (non-hydrogen) atoms. The van der Waals surface area contributed by atoms with Gasteiger partial charge in [0, 0.05) is 12.5 Å². The summed E-state index contributed by atoms with van der Waals surface area (Å²) in [4.78, 5) is 23.1. The number of hydrogen-bond acceptors (Lipinski definition) is 7. The van der Waals surface area contributed by atoms with E-state index < -0.39 is 42.7 Å². The van der Waals surface area contributed by atoms with Crippen LogP contribution in [0.25, 0.3) is 11.1 Å². The van der Waals surface area contributed by atoms with Crippen molar-refractivity contribution < 1.29 is 39.1 Å². The summed E-state index contributed by atoms with van der Waals surface area (Å²) in [7, 11) is 0. The number of ether oxygens (including phenoxy) is 3. The Morgan fingerprint density at radius 1 is 1.10 bits per heavy atom. The van der Waals surface area contributed by atoms with Crippen molar-refractivity contribution in [3.05, 3.63) is 54.1 Å². The number of carboxylic acids is 1. The molecule has 0 radical (unpaired) electrons. The van der Waals surface area contributed by atoms with E-state index in [0.29, 0.717) is 16.9 Å². The summed E-state index contributed by atoms with van der Waals surface area (Å²) in [6.45, 7) is 1.32. The fraction of sp³-hybridized carbons (Fsp3) is 0.364. The lowest BCUT2D eigenvalue weighted by Crippen LogP contribution is -2.65. The molecule has 6 atom stereocenters. The Hall–Kier alpha value is -2.98. The molecule has 2 aromatic rings. The fourth-order valence-electron chi connectivity index (χ4n) is 3.93. The van der Waals surface area contributed by atoms with E-state index in [1.54, 1.807) is 36.4 Å². The molecular weight excluding hydrogens is 406 g/mol. The molecule has 164 valence electrons. The molecule has 2 aliphatic rings. The van der Waals surface area contributed by atoms with Crippen LogP contribution in [0.4, 0.5) is 0 Å². The third-order valence-corrected chi connectivity index (χ3v) is 5.37. The molecule has 2 saturated heterocycles. The van der Waals surface area contributed by atoms with Gasteiger partial charge in [0.05, 0.1) is 12.2 Å². The van der Waals surface area contributed by atoms with Crippen LogP contribution in [0.15, 0.2) is 48.5 Å². The molecule has 9 nitrogen and oxygen atoms in total. The molecule has 2 fully saturated rings. The molecular formula is C22H23NO8. The SMILES string of the molecule is CC(=O)NC1C(Oc2ccccc2-c2cccc(C(=O)O)c2)OC2C(O)COC2C1O. The molecule has 0 bridgehead atoms. The Labute approximate surface area is 178 Å². The zero-order chi connectivity index (χ0) is 22.1. The van der Waals surface area contributed by atoms with E-state index >= 15 is 0 Å². The largest absolute Gasteiger partial charge is 0.478 e. The van der Waals surface area contributed by atoms with Gasteiger partial charge in [-0.25, -0.2) is 4.79 Å². The number of carboxylic acid groups (broad SMARTS) is 1. The highest BCUT2D eigenvalue weighted by Crippen LogP contribution is 2.35. The number of amides is 1. The zero-order valence-corrected chi connectivity index (χ0v) is 16.7. The van der Waals surface area contributed by atoms with Crippen molar-refractivity contribution in [2.24, 2.45) is 0 Å². The minimum absolute atomic E-state index is 0.00444. The molecule has 2 aliphatic heterocycles. The van der Waals surface area contributed by atoms with Crippen molar-refractivity contribution in [2.45, 2.75) is 43.7 Å². The van der Waals surface area contributed by atoms with E-state index in [0.717, 1.165) is 0 Å². The topological polar surface area (TPSA) is 135 Å². The number of carbonyl (C=O) groups excluding carboxylic acids is 1. The van der Waals surface area contributed by atoms with Gasteiger partial charge in [-0.05, 0) is 23.8 Å². The lowest BCUT2D eigenvalue weighted by Gasteiger charge is -2.42. The molecule has 9 heteroatoms. The van der Waals surface area contributed by atoms with Gasteiger partial charge in [0.2, 0.25) is 12.2 Å². The Kier molecular flexibility index (Phi) is 5.92. The average Bonchev–Trinajstić information content (AvgIpc) is 3.12. The monoisotopic (exact) mass is 429 g/mol. The predicted molar refractivity (Wildman–Crippen MR) is 107 cm³/mol. The van der Waals surface area contributed by atoms with E-state index in [1.165, 1.54) is 19.1 Å². The first-order chi connectivity index (χ1) is 14.8. The van der Waals surface area contributed by atoms with Crippen molar-refractivity contribution >= 4 is 11.9 Å². The number of aliphatic hydroxyl groups excluding tert-OH is 2. The van der Waals surface area contributed by atoms with Gasteiger partial charge in [0.1, 0.15) is 36.2 Å². The van der Waals surface area contributed by atoms with Crippen LogP contribution < -0.4 is 10.1 Å². The van der Waals surface area contributed by atoms with Crippen molar-refractivity contribution in [1.82, 2.24) is 5.32 Å². The summed E-state index contributed by atoms with van der Waals surface area (Å²) in [5, 5.41) is 32.8. The lowest BCUT2D eigenvalue weighted by molar-refractivity contribution is -0.232. The second-order valence-corrected chi connectivity index (χ2v) is 7.55. The number of hydrogen-bond donors (Lipinski definition) is 4. The summed E-state index contributed by atoms with van der Waals surface area (Å²) in [6, 6.07) is 12.4. The van der Waals surface area contributed by atoms with Crippen LogP contribution >= 0.6 is 0 Å². The number of para-hydroxylation sites is 1. The van der Waals surface area contributed by atoms with E-state index in [9.17, 15) is 24.9 Å². The molecule has 0 aromatic heterocycles. The van der Waals surface area contributed by atoms with E-state index in [2.05, 4.69) is 5.32 Å². The van der Waals surface area contributed by atoms with E-state index in [1.807, 2.05) is 0 Å². The van der Waals surface area contributed by atoms with Crippen molar-refractivity contribution in [3.8, 4) is 16.9 Å². The number of benzene rings is 2. The quantitative estimate of drug-likeness (QED) is 0.548. The maximum Gasteiger partial charge on any atom is 0.335 e. The number of aliphatic hydroxyl groups is 2. The summed E-state index contributed by atoms with van der Waals surface area (Å²) in [6.07, 6.45) is -4.82. The Balaban J connectivity index is 1.66. The fourth-order valence-corrected chi connectivity index (χ4v) is 3.93. The number of rotatable bonds is 5. The Morgan fingerprint density at radius 2 is 1.87 bits per heavy atom. The third-order valence-electron chi connectivity index (χ3n) is 5.37. The Bertz CT molecular complexity index is 979. The number of aromatic carboxylic acids is 1. The minimum Gasteiger partial charge on any atom is -0.478 e. The molecule has 0 saturated carbocycles. The summed E-state index contributed by atoms with van der Waals surface area (Å²) < 4.78 is 17.4. The first-order valence-corrected chi connectivity index (χ1v) is 9.85. The molecule has 2 heterocycles. The average molecular weight is 429 g/mol. The number of fused-ring (bicyclic) bond motifs is 1. The van der Waals surface area contributed by atoms with Gasteiger partial charge in [0.15, 0.2) is 0 Å². The molecule has 2 aromatic carbocycles. The van der Waals surface area contributed by atoms with Gasteiger partial charge in [-0.1, -0.05) is 30.3 Å². The molecule has 4 N–H and O–H groups in total. The maximum absolute atomic E-state index is 11.7. The smallest absolute Gasteiger partial charge is 0.335 e. The standard InChI is InChI=1S/C22H23NO8/c1-11(24)23-17-18(26)20-19(15(25)10-29-20)31-22(17)30-16-8-3-2-7-14(16)12-5-4-6-13(9-12)21(27)28/h2-9,15,17-20,22,25-26H,10H2,1H3,(H,23,24)(H,27,28). The second kappa shape index (κ2) is 8.64. The third kappa shape index (κ3) is 4.26. The predicted octanol–water partition coefficient (Wildman–Crippen LogP) is 0.781. The molecule has 4 rings (SSSR count). The highest BCUT2D eigenvalue weighted by atomic mass is 16.7. The van der Waals surface area contributed by atoms with Crippen molar-refractivity contribution in [1.29, 1.82) is 0 Å². The van der Waals surface area contributed by atoms with Gasteiger partial charge >= 0.3 is 5.97 Å². The van der Waals surface area contributed by atoms with Crippen LogP contribution in [0.1, 0.15) is 17.3 Å². The molecule has 6 unspecified atom stereocenters. The summed E-state index contributed by atoms with van der Waals surface area (Å²) in [5.41, 5.74) is 1.35. The van der Waals surface area contributed by atoms with E-state index in [4.69, 9.17) is 14.2 Å². The van der Waals surface area contributed by atoms with Crippen LogP contribution in [0.3, 0.4) is 0 Å². The highest BCUT2D eigenvalue weighted by molar-refractivity contribution is 5.89. The minimum atomic E-state index is -1.16. The molecule has 0 aliphatic carbocycles. The van der Waals surface area contributed by atoms with Crippen LogP contribution in [0.2, 0.25) is 0 Å². The normalized spacial score (nSPS) is 29.8. The van der Waals surface area contributed by atoms with Crippen LogP contribution in [-0.4, -0.2) is 70.6 Å². The zero-order valence-electron chi connectivity index (χ0n) is 16.7. The van der Waals surface area contributed by atoms with E-state index in [-0.39, 0.29) is 18.1 Å². The van der Waals surface area contributed by atoms with Crippen LogP contribution in [-0.2, 0) is 14.3 Å². The highest BCUT2D eigenvalue weighted by Gasteiger charge is 2.53. The second-order valence-electron chi connectivity index (χ2n) is 7.55. The lowest BCUT2D eigenvalue weighted by atomic mass is 9.95. The Morgan fingerprint density at radius 3 is 2.61 bits per heavy atom. The number of carbonyl (C=O) groups is 2. The molecule has 0 spiro atoms. The van der Waals surface area contributed by atoms with Gasteiger partial charge < -0.3 is 34.8 Å². The van der Waals surface area contributed by atoms with Gasteiger partial charge in [0.25, 0.3) is 0 Å². The summed E-state index contributed by atoms with van der Waals surface area (Å²) >= 11 is 0. The van der Waals surface area contributed by atoms with Crippen molar-refractivity contribution in [3.63, 3.8) is 0 Å². The van der Waals surface area contributed by atoms with Gasteiger partial charge in [-0.2, -0.15) is 0 Å². The first-order valence-electron chi connectivity index (χ1n) is 9.85. The molecule has 1 amide bonds. The van der Waals surface area contributed by atoms with Gasteiger partial charge in [-0.15, -0.1) is 0 Å². The summed E-state index contributed by atoms with van der Waals surface area (Å²) in [5.74, 6) is -1.07. The number of nitrogens with one attached hydrogen (secondary N) is 1. The first kappa shape index (κ1) is 21.3. The van der Waals surface area contributed by atoms with Crippen LogP contribution in [0.5, 0.6) is 5.75 Å². The van der Waals surface area contributed by atoms with Crippen LogP contribution in [0, 0.1) is 0 Å². The van der Waals surface area contributed by atoms with Gasteiger partial charge in [-0.3, -0.25) is 4.79 Å².